The minimum absolute atomic E-state index is 0.128. The van der Waals surface area contributed by atoms with Crippen molar-refractivity contribution in [3.8, 4) is 5.75 Å². The Morgan fingerprint density at radius 3 is 2.70 bits per heavy atom. The lowest BCUT2D eigenvalue weighted by molar-refractivity contribution is 0.0687. The van der Waals surface area contributed by atoms with Crippen molar-refractivity contribution >= 4 is 33.9 Å². The largest absolute Gasteiger partial charge is 0.497 e. The molecule has 6 nitrogen and oxygen atoms in total. The molecule has 0 aliphatic heterocycles. The average Bonchev–Trinajstić information content (AvgIpc) is 2.83. The number of hydrogen-bond acceptors (Lipinski definition) is 6. The minimum Gasteiger partial charge on any atom is -0.497 e. The first kappa shape index (κ1) is 14.0. The van der Waals surface area contributed by atoms with Crippen LogP contribution >= 0.6 is 11.3 Å². The van der Waals surface area contributed by atoms with Gasteiger partial charge in [-0.05, 0) is 12.1 Å². The number of methoxy groups -OCH3 is 1. The number of carbonyl (C=O) groups is 2. The van der Waals surface area contributed by atoms with Gasteiger partial charge in [0.1, 0.15) is 10.6 Å². The Morgan fingerprint density at radius 2 is 2.15 bits per heavy atom. The number of aromatic nitrogens is 1. The van der Waals surface area contributed by atoms with Crippen LogP contribution in [0.25, 0.3) is 0 Å². The van der Waals surface area contributed by atoms with Crippen LogP contribution in [0.5, 0.6) is 5.75 Å². The third-order valence-electron chi connectivity index (χ3n) is 2.47. The number of ether oxygens (including phenoxy) is 1. The molecule has 0 radical (unpaired) electrons. The van der Waals surface area contributed by atoms with Crippen LogP contribution in [0.15, 0.2) is 24.3 Å². The first-order valence-corrected chi connectivity index (χ1v) is 6.49. The number of hydrogen-bond donors (Lipinski definition) is 2. The summed E-state index contributed by atoms with van der Waals surface area (Å²) < 4.78 is 5.09. The van der Waals surface area contributed by atoms with Gasteiger partial charge in [-0.25, -0.2) is 9.78 Å². The maximum atomic E-state index is 11.4. The van der Waals surface area contributed by atoms with Crippen molar-refractivity contribution in [2.45, 2.75) is 6.92 Å². The van der Waals surface area contributed by atoms with Crippen molar-refractivity contribution < 1.29 is 19.4 Å². The lowest BCUT2D eigenvalue weighted by Crippen LogP contribution is -2.03. The summed E-state index contributed by atoms with van der Waals surface area (Å²) in [6.07, 6.45) is 0. The molecule has 0 fully saturated rings. The molecule has 0 bridgehead atoms. The lowest BCUT2D eigenvalue weighted by atomic mass is 10.3. The van der Waals surface area contributed by atoms with E-state index in [-0.39, 0.29) is 16.4 Å². The second-order valence-electron chi connectivity index (χ2n) is 3.92. The molecule has 1 aromatic carbocycles. The molecule has 0 aliphatic rings. The maximum absolute atomic E-state index is 11.4. The molecule has 0 aliphatic carbocycles. The van der Waals surface area contributed by atoms with Crippen LogP contribution in [0, 0.1) is 0 Å². The van der Waals surface area contributed by atoms with Crippen LogP contribution in [0.2, 0.25) is 0 Å². The van der Waals surface area contributed by atoms with E-state index in [2.05, 4.69) is 10.3 Å². The van der Waals surface area contributed by atoms with Gasteiger partial charge >= 0.3 is 5.97 Å². The number of nitrogens with zero attached hydrogens (tertiary/aromatic N) is 1. The van der Waals surface area contributed by atoms with E-state index in [4.69, 9.17) is 9.84 Å². The van der Waals surface area contributed by atoms with Crippen LogP contribution in [-0.4, -0.2) is 29.0 Å². The number of rotatable bonds is 5. The molecule has 0 unspecified atom stereocenters. The molecule has 2 rings (SSSR count). The second kappa shape index (κ2) is 5.70. The first-order valence-electron chi connectivity index (χ1n) is 5.67. The summed E-state index contributed by atoms with van der Waals surface area (Å²) in [5.41, 5.74) is 0.470. The molecule has 104 valence electrons. The number of carboxylic acids is 1. The zero-order valence-corrected chi connectivity index (χ0v) is 11.7. The Bertz CT molecular complexity index is 635. The van der Waals surface area contributed by atoms with Gasteiger partial charge in [0.05, 0.1) is 7.11 Å². The van der Waals surface area contributed by atoms with E-state index >= 15 is 0 Å². The normalized spacial score (nSPS) is 10.1. The summed E-state index contributed by atoms with van der Waals surface area (Å²) in [5, 5.41) is 12.3. The number of carboxylic acid groups (broad SMARTS) is 1. The molecule has 2 aromatic rings. The number of benzene rings is 1. The average molecular weight is 292 g/mol. The molecule has 2 N–H and O–H groups in total. The van der Waals surface area contributed by atoms with E-state index in [0.29, 0.717) is 16.6 Å². The van der Waals surface area contributed by atoms with E-state index in [9.17, 15) is 9.59 Å². The fourth-order valence-corrected chi connectivity index (χ4v) is 2.45. The molecular weight excluding hydrogens is 280 g/mol. The number of ketones is 1. The Morgan fingerprint density at radius 1 is 1.40 bits per heavy atom. The van der Waals surface area contributed by atoms with Crippen molar-refractivity contribution in [1.29, 1.82) is 0 Å². The summed E-state index contributed by atoms with van der Waals surface area (Å²) in [4.78, 5) is 26.5. The highest BCUT2D eigenvalue weighted by molar-refractivity contribution is 7.17. The van der Waals surface area contributed by atoms with Crippen LogP contribution in [0.1, 0.15) is 27.1 Å². The Hall–Kier alpha value is -2.41. The highest BCUT2D eigenvalue weighted by Gasteiger charge is 2.20. The zero-order valence-electron chi connectivity index (χ0n) is 10.8. The molecule has 0 saturated heterocycles. The van der Waals surface area contributed by atoms with Crippen LogP contribution < -0.4 is 10.1 Å². The van der Waals surface area contributed by atoms with Crippen molar-refractivity contribution in [1.82, 2.24) is 4.98 Å². The minimum atomic E-state index is -1.22. The molecule has 0 atom stereocenters. The summed E-state index contributed by atoms with van der Waals surface area (Å²) in [5.74, 6) is -0.874. The number of Topliss-reactive ketones (excluding diaryl/α,β-unsaturated/α-hetero) is 1. The number of aromatic carboxylic acids is 1. The third kappa shape index (κ3) is 2.94. The van der Waals surface area contributed by atoms with E-state index in [0.717, 1.165) is 11.3 Å². The standard InChI is InChI=1S/C13H12N2O4S/c1-7(16)11-10(12(17)18)15-13(20-11)14-8-4-3-5-9(6-8)19-2/h3-6H,1-2H3,(H,14,15)(H,17,18). The summed E-state index contributed by atoms with van der Waals surface area (Å²) in [7, 11) is 1.55. The molecule has 20 heavy (non-hydrogen) atoms. The molecule has 1 heterocycles. The molecule has 1 aromatic heterocycles. The first-order chi connectivity index (χ1) is 9.51. The van der Waals surface area contributed by atoms with Gasteiger partial charge in [0.15, 0.2) is 16.6 Å². The molecular formula is C13H12N2O4S. The summed E-state index contributed by atoms with van der Waals surface area (Å²) >= 11 is 1.01. The molecule has 0 amide bonds. The van der Waals surface area contributed by atoms with Crippen LogP contribution in [0.3, 0.4) is 0 Å². The van der Waals surface area contributed by atoms with Crippen molar-refractivity contribution in [3.05, 3.63) is 34.8 Å². The van der Waals surface area contributed by atoms with Gasteiger partial charge in [0.25, 0.3) is 0 Å². The topological polar surface area (TPSA) is 88.5 Å². The second-order valence-corrected chi connectivity index (χ2v) is 4.91. The van der Waals surface area contributed by atoms with E-state index in [1.54, 1.807) is 31.4 Å². The fraction of sp³-hybridized carbons (Fsp3) is 0.154. The Balaban J connectivity index is 2.31. The highest BCUT2D eigenvalue weighted by Crippen LogP contribution is 2.28. The smallest absolute Gasteiger partial charge is 0.356 e. The highest BCUT2D eigenvalue weighted by atomic mass is 32.1. The predicted molar refractivity (Wildman–Crippen MR) is 75.4 cm³/mol. The van der Waals surface area contributed by atoms with Gasteiger partial charge in [0, 0.05) is 18.7 Å². The lowest BCUT2D eigenvalue weighted by Gasteiger charge is -2.04. The fourth-order valence-electron chi connectivity index (χ4n) is 1.58. The SMILES string of the molecule is COc1cccc(Nc2nc(C(=O)O)c(C(C)=O)s2)c1. The van der Waals surface area contributed by atoms with Gasteiger partial charge in [-0.3, -0.25) is 4.79 Å². The van der Waals surface area contributed by atoms with E-state index in [1.165, 1.54) is 6.92 Å². The number of thiazole rings is 1. The quantitative estimate of drug-likeness (QED) is 0.824. The van der Waals surface area contributed by atoms with Gasteiger partial charge in [-0.2, -0.15) is 0 Å². The number of anilines is 2. The van der Waals surface area contributed by atoms with Gasteiger partial charge < -0.3 is 15.2 Å². The Kier molecular flexibility index (Phi) is 3.99. The van der Waals surface area contributed by atoms with E-state index in [1.807, 2.05) is 0 Å². The van der Waals surface area contributed by atoms with Crippen LogP contribution in [-0.2, 0) is 0 Å². The Labute approximate surface area is 119 Å². The van der Waals surface area contributed by atoms with Crippen LogP contribution in [0.4, 0.5) is 10.8 Å². The van der Waals surface area contributed by atoms with E-state index < -0.39 is 5.97 Å². The summed E-state index contributed by atoms with van der Waals surface area (Å²) in [6.45, 7) is 1.31. The predicted octanol–water partition coefficient (Wildman–Crippen LogP) is 2.80. The van der Waals surface area contributed by atoms with Gasteiger partial charge in [-0.1, -0.05) is 17.4 Å². The zero-order chi connectivity index (χ0) is 14.7. The van der Waals surface area contributed by atoms with Crippen molar-refractivity contribution in [2.24, 2.45) is 0 Å². The number of carbonyl (C=O) groups excluding carboxylic acids is 1. The van der Waals surface area contributed by atoms with Crippen molar-refractivity contribution in [3.63, 3.8) is 0 Å². The third-order valence-corrected chi connectivity index (χ3v) is 3.54. The van der Waals surface area contributed by atoms with Crippen molar-refractivity contribution in [2.75, 3.05) is 12.4 Å². The summed E-state index contributed by atoms with van der Waals surface area (Å²) in [6, 6.07) is 7.11. The molecule has 0 saturated carbocycles. The molecule has 7 heteroatoms. The number of nitrogens with one attached hydrogen (secondary N) is 1. The van der Waals surface area contributed by atoms with Gasteiger partial charge in [0.2, 0.25) is 0 Å². The molecule has 0 spiro atoms. The van der Waals surface area contributed by atoms with Gasteiger partial charge in [-0.15, -0.1) is 0 Å². The monoisotopic (exact) mass is 292 g/mol. The maximum Gasteiger partial charge on any atom is 0.356 e.